The Morgan fingerprint density at radius 1 is 0.960 bits per heavy atom. The molecule has 4 heteroatoms. The summed E-state index contributed by atoms with van der Waals surface area (Å²) in [5, 5.41) is 0. The third kappa shape index (κ3) is 4.32. The summed E-state index contributed by atoms with van der Waals surface area (Å²) in [7, 11) is 0. The van der Waals surface area contributed by atoms with E-state index in [0.717, 1.165) is 43.1 Å². The van der Waals surface area contributed by atoms with Crippen LogP contribution in [-0.4, -0.2) is 43.6 Å². The molecule has 0 N–H and O–H groups in total. The first kappa shape index (κ1) is 17.3. The van der Waals surface area contributed by atoms with Gasteiger partial charge >= 0.3 is 0 Å². The quantitative estimate of drug-likeness (QED) is 0.857. The molecule has 0 spiro atoms. The minimum absolute atomic E-state index is 0.0600. The lowest BCUT2D eigenvalue weighted by atomic mass is 10.1. The molecule has 1 heterocycles. The molecule has 1 amide bonds. The average molecular weight is 338 g/mol. The van der Waals surface area contributed by atoms with Gasteiger partial charge in [0.2, 0.25) is 0 Å². The topological polar surface area (TPSA) is 32.8 Å². The molecule has 0 bridgehead atoms. The van der Waals surface area contributed by atoms with E-state index >= 15 is 0 Å². The minimum atomic E-state index is 0.0600. The van der Waals surface area contributed by atoms with E-state index in [1.54, 1.807) is 0 Å². The minimum Gasteiger partial charge on any atom is -0.483 e. The van der Waals surface area contributed by atoms with Gasteiger partial charge in [-0.05, 0) is 55.7 Å². The molecule has 25 heavy (non-hydrogen) atoms. The van der Waals surface area contributed by atoms with Gasteiger partial charge in [-0.3, -0.25) is 4.79 Å². The predicted octanol–water partition coefficient (Wildman–Crippen LogP) is 3.34. The summed E-state index contributed by atoms with van der Waals surface area (Å²) in [5.41, 5.74) is 4.69. The number of nitrogens with zero attached hydrogens (tertiary/aromatic N) is 2. The largest absolute Gasteiger partial charge is 0.483 e. The predicted molar refractivity (Wildman–Crippen MR) is 101 cm³/mol. The zero-order chi connectivity index (χ0) is 17.8. The molecule has 0 saturated carbocycles. The lowest BCUT2D eigenvalue weighted by Gasteiger charge is -2.36. The van der Waals surface area contributed by atoms with E-state index in [0.29, 0.717) is 0 Å². The van der Waals surface area contributed by atoms with Crippen LogP contribution in [0.1, 0.15) is 16.7 Å². The summed E-state index contributed by atoms with van der Waals surface area (Å²) in [6.45, 7) is 9.43. The van der Waals surface area contributed by atoms with Crippen molar-refractivity contribution < 1.29 is 9.53 Å². The Morgan fingerprint density at radius 2 is 1.68 bits per heavy atom. The summed E-state index contributed by atoms with van der Waals surface area (Å²) >= 11 is 0. The molecule has 1 saturated heterocycles. The number of hydrogen-bond acceptors (Lipinski definition) is 3. The highest BCUT2D eigenvalue weighted by molar-refractivity contribution is 5.78. The van der Waals surface area contributed by atoms with Crippen LogP contribution in [0.15, 0.2) is 42.5 Å². The Kier molecular flexibility index (Phi) is 5.27. The molecule has 132 valence electrons. The van der Waals surface area contributed by atoms with Crippen LogP contribution in [0.3, 0.4) is 0 Å². The molecule has 1 fully saturated rings. The molecule has 1 aliphatic rings. The molecule has 0 aliphatic carbocycles. The van der Waals surface area contributed by atoms with Crippen molar-refractivity contribution in [1.29, 1.82) is 0 Å². The smallest absolute Gasteiger partial charge is 0.260 e. The van der Waals surface area contributed by atoms with Crippen molar-refractivity contribution >= 4 is 11.6 Å². The van der Waals surface area contributed by atoms with Crippen LogP contribution in [0, 0.1) is 20.8 Å². The Hall–Kier alpha value is -2.49. The number of carbonyl (C=O) groups is 1. The second kappa shape index (κ2) is 7.60. The molecular weight excluding hydrogens is 312 g/mol. The number of amides is 1. The fourth-order valence-corrected chi connectivity index (χ4v) is 3.13. The number of piperazine rings is 1. The van der Waals surface area contributed by atoms with Crippen molar-refractivity contribution in [3.05, 3.63) is 59.2 Å². The van der Waals surface area contributed by atoms with Crippen molar-refractivity contribution in [2.75, 3.05) is 37.7 Å². The maximum atomic E-state index is 12.4. The Morgan fingerprint density at radius 3 is 2.40 bits per heavy atom. The number of rotatable bonds is 4. The first-order chi connectivity index (χ1) is 12.0. The van der Waals surface area contributed by atoms with E-state index in [2.05, 4.69) is 42.2 Å². The van der Waals surface area contributed by atoms with Crippen molar-refractivity contribution in [1.82, 2.24) is 4.90 Å². The second-order valence-electron chi connectivity index (χ2n) is 6.76. The number of hydrogen-bond donors (Lipinski definition) is 0. The van der Waals surface area contributed by atoms with Gasteiger partial charge in [0.1, 0.15) is 5.75 Å². The Bertz CT molecular complexity index is 749. The lowest BCUT2D eigenvalue weighted by Crippen LogP contribution is -2.50. The number of carbonyl (C=O) groups excluding carboxylic acids is 1. The first-order valence-electron chi connectivity index (χ1n) is 8.82. The van der Waals surface area contributed by atoms with E-state index in [1.165, 1.54) is 11.3 Å². The molecule has 3 rings (SSSR count). The monoisotopic (exact) mass is 338 g/mol. The fraction of sp³-hybridized carbons (Fsp3) is 0.381. The van der Waals surface area contributed by atoms with E-state index in [-0.39, 0.29) is 12.5 Å². The van der Waals surface area contributed by atoms with Crippen molar-refractivity contribution in [2.45, 2.75) is 20.8 Å². The standard InChI is InChI=1S/C21H26N2O2/c1-16-5-4-6-19(13-16)22-9-11-23(12-10-22)21(24)15-25-20-14-17(2)7-8-18(20)3/h4-8,13-14H,9-12,15H2,1-3H3. The van der Waals surface area contributed by atoms with Crippen molar-refractivity contribution in [3.63, 3.8) is 0 Å². The third-order valence-electron chi connectivity index (χ3n) is 4.69. The van der Waals surface area contributed by atoms with E-state index in [9.17, 15) is 4.79 Å². The average Bonchev–Trinajstić information content (AvgIpc) is 2.62. The van der Waals surface area contributed by atoms with Crippen LogP contribution in [0.2, 0.25) is 0 Å². The molecule has 0 radical (unpaired) electrons. The molecular formula is C21H26N2O2. The normalized spacial score (nSPS) is 14.5. The number of anilines is 1. The summed E-state index contributed by atoms with van der Waals surface area (Å²) in [5.74, 6) is 0.858. The molecule has 2 aromatic carbocycles. The first-order valence-corrected chi connectivity index (χ1v) is 8.82. The molecule has 0 aromatic heterocycles. The molecule has 0 unspecified atom stereocenters. The van der Waals surface area contributed by atoms with Crippen LogP contribution in [0.5, 0.6) is 5.75 Å². The maximum Gasteiger partial charge on any atom is 0.260 e. The Labute approximate surface area is 150 Å². The van der Waals surface area contributed by atoms with Crippen molar-refractivity contribution in [3.8, 4) is 5.75 Å². The third-order valence-corrected chi connectivity index (χ3v) is 4.69. The summed E-state index contributed by atoms with van der Waals surface area (Å²) < 4.78 is 5.76. The number of benzene rings is 2. The van der Waals surface area contributed by atoms with Crippen LogP contribution in [-0.2, 0) is 4.79 Å². The fourth-order valence-electron chi connectivity index (χ4n) is 3.13. The summed E-state index contributed by atoms with van der Waals surface area (Å²) in [4.78, 5) is 16.7. The molecule has 0 atom stereocenters. The van der Waals surface area contributed by atoms with Gasteiger partial charge in [0.15, 0.2) is 6.61 Å². The zero-order valence-electron chi connectivity index (χ0n) is 15.3. The van der Waals surface area contributed by atoms with Gasteiger partial charge in [0, 0.05) is 31.9 Å². The maximum absolute atomic E-state index is 12.4. The Balaban J connectivity index is 1.52. The molecule has 4 nitrogen and oxygen atoms in total. The number of aryl methyl sites for hydroxylation is 3. The summed E-state index contributed by atoms with van der Waals surface area (Å²) in [6.07, 6.45) is 0. The summed E-state index contributed by atoms with van der Waals surface area (Å²) in [6, 6.07) is 14.6. The molecule has 2 aromatic rings. The van der Waals surface area contributed by atoms with E-state index in [1.807, 2.05) is 30.9 Å². The highest BCUT2D eigenvalue weighted by Crippen LogP contribution is 2.20. The van der Waals surface area contributed by atoms with Gasteiger partial charge in [-0.2, -0.15) is 0 Å². The van der Waals surface area contributed by atoms with Crippen LogP contribution in [0.25, 0.3) is 0 Å². The van der Waals surface area contributed by atoms with E-state index in [4.69, 9.17) is 4.74 Å². The van der Waals surface area contributed by atoms with Gasteiger partial charge in [-0.1, -0.05) is 24.3 Å². The van der Waals surface area contributed by atoms with Gasteiger partial charge in [0.25, 0.3) is 5.91 Å². The molecule has 1 aliphatic heterocycles. The highest BCUT2D eigenvalue weighted by Gasteiger charge is 2.21. The van der Waals surface area contributed by atoms with Gasteiger partial charge in [-0.15, -0.1) is 0 Å². The van der Waals surface area contributed by atoms with Crippen molar-refractivity contribution in [2.24, 2.45) is 0 Å². The van der Waals surface area contributed by atoms with Crippen LogP contribution < -0.4 is 9.64 Å². The van der Waals surface area contributed by atoms with Gasteiger partial charge in [0.05, 0.1) is 0 Å². The SMILES string of the molecule is Cc1cccc(N2CCN(C(=O)COc3cc(C)ccc3C)CC2)c1. The zero-order valence-corrected chi connectivity index (χ0v) is 15.3. The lowest BCUT2D eigenvalue weighted by molar-refractivity contribution is -0.133. The van der Waals surface area contributed by atoms with Gasteiger partial charge in [-0.25, -0.2) is 0 Å². The van der Waals surface area contributed by atoms with Crippen LogP contribution in [0.4, 0.5) is 5.69 Å². The second-order valence-corrected chi connectivity index (χ2v) is 6.76. The highest BCUT2D eigenvalue weighted by atomic mass is 16.5. The number of ether oxygens (including phenoxy) is 1. The van der Waals surface area contributed by atoms with Crippen LogP contribution >= 0.6 is 0 Å². The van der Waals surface area contributed by atoms with Gasteiger partial charge < -0.3 is 14.5 Å². The van der Waals surface area contributed by atoms with E-state index < -0.39 is 0 Å².